The van der Waals surface area contributed by atoms with E-state index < -0.39 is 24.3 Å². The number of likely N-dealkylation sites (tertiary alicyclic amines) is 1. The first-order chi connectivity index (χ1) is 18.9. The normalized spacial score (nSPS) is 26.7. The van der Waals surface area contributed by atoms with Gasteiger partial charge in [0.15, 0.2) is 10.9 Å². The lowest BCUT2D eigenvalue weighted by Gasteiger charge is -2.32. The van der Waals surface area contributed by atoms with Crippen LogP contribution in [0.5, 0.6) is 0 Å². The Morgan fingerprint density at radius 3 is 2.56 bits per heavy atom. The number of fused-ring (bicyclic) bond motifs is 1. The van der Waals surface area contributed by atoms with Crippen LogP contribution >= 0.6 is 11.3 Å². The molecule has 0 spiro atoms. The summed E-state index contributed by atoms with van der Waals surface area (Å²) < 4.78 is 5.44. The van der Waals surface area contributed by atoms with E-state index in [1.807, 2.05) is 17.5 Å². The van der Waals surface area contributed by atoms with Crippen molar-refractivity contribution in [3.8, 4) is 11.3 Å². The van der Waals surface area contributed by atoms with Crippen molar-refractivity contribution in [1.29, 1.82) is 0 Å². The largest absolute Gasteiger partial charge is 0.388 e. The number of ketones is 1. The summed E-state index contributed by atoms with van der Waals surface area (Å²) in [6.07, 6.45) is 2.09. The van der Waals surface area contributed by atoms with Gasteiger partial charge in [0.25, 0.3) is 5.91 Å². The Hall–Kier alpha value is -2.86. The summed E-state index contributed by atoms with van der Waals surface area (Å²) in [6.45, 7) is 3.90. The fourth-order valence-electron chi connectivity index (χ4n) is 6.26. The van der Waals surface area contributed by atoms with Gasteiger partial charge in [-0.15, -0.1) is 11.3 Å². The smallest absolute Gasteiger partial charge is 0.251 e. The molecule has 1 saturated carbocycles. The molecule has 1 aromatic heterocycles. The number of carbonyl (C=O) groups excluding carboxylic acids is 3. The number of aromatic nitrogens is 1. The van der Waals surface area contributed by atoms with E-state index >= 15 is 0 Å². The van der Waals surface area contributed by atoms with Crippen molar-refractivity contribution in [2.45, 2.75) is 50.0 Å². The van der Waals surface area contributed by atoms with E-state index in [2.05, 4.69) is 22.2 Å². The number of likely N-dealkylation sites (N-methyl/N-ethyl adjacent to an activating group) is 1. The van der Waals surface area contributed by atoms with Crippen molar-refractivity contribution in [3.05, 3.63) is 35.2 Å². The van der Waals surface area contributed by atoms with Crippen LogP contribution in [-0.4, -0.2) is 108 Å². The topological polar surface area (TPSA) is 115 Å². The Morgan fingerprint density at radius 1 is 1.13 bits per heavy atom. The van der Waals surface area contributed by atoms with Crippen molar-refractivity contribution in [2.75, 3.05) is 51.3 Å². The van der Waals surface area contributed by atoms with Gasteiger partial charge in [-0.3, -0.25) is 14.4 Å². The van der Waals surface area contributed by atoms with Gasteiger partial charge in [0, 0.05) is 42.7 Å². The number of ether oxygens (including phenoxy) is 1. The molecule has 0 radical (unpaired) electrons. The molecule has 4 aliphatic rings. The SMILES string of the molecule is CN1CCN(c2nc(-c3ccc(C(=O)N[C@H](C(=O)N4C[C@H](O)[C@H]5OCC(=O)[C@H]54)C4CCCC4)cc3)cs2)CC1. The van der Waals surface area contributed by atoms with E-state index in [4.69, 9.17) is 9.72 Å². The van der Waals surface area contributed by atoms with Crippen LogP contribution in [0.3, 0.4) is 0 Å². The number of carbonyl (C=O) groups is 3. The highest BCUT2D eigenvalue weighted by molar-refractivity contribution is 7.14. The fraction of sp³-hybridized carbons (Fsp3) is 0.571. The Balaban J connectivity index is 1.15. The molecule has 4 atom stereocenters. The first-order valence-electron chi connectivity index (χ1n) is 13.8. The summed E-state index contributed by atoms with van der Waals surface area (Å²) in [5.74, 6) is -0.836. The highest BCUT2D eigenvalue weighted by atomic mass is 32.1. The molecular formula is C28H35N5O5S. The molecule has 2 N–H and O–H groups in total. The molecule has 3 aliphatic heterocycles. The van der Waals surface area contributed by atoms with Crippen LogP contribution in [0.4, 0.5) is 5.13 Å². The zero-order valence-electron chi connectivity index (χ0n) is 22.1. The number of rotatable bonds is 6. The number of aliphatic hydroxyl groups is 1. The Labute approximate surface area is 231 Å². The minimum atomic E-state index is -0.902. The standard InChI is InChI=1S/C28H35N5O5S/c1-31-10-12-32(13-11-31)28-29-20(16-39-28)17-6-8-19(9-7-17)26(36)30-23(18-4-2-3-5-18)27(37)33-14-21(34)25-24(33)22(35)15-38-25/h6-9,16,18,21,23-25,34H,2-5,10-15H2,1H3,(H,30,36)/t21-,23-,24+,25+/m0/s1. The lowest BCUT2D eigenvalue weighted by molar-refractivity contribution is -0.139. The van der Waals surface area contributed by atoms with Gasteiger partial charge in [0.05, 0.1) is 12.2 Å². The molecule has 2 amide bonds. The number of nitrogens with zero attached hydrogens (tertiary/aromatic N) is 4. The lowest BCUT2D eigenvalue weighted by atomic mass is 9.95. The molecule has 6 rings (SSSR count). The number of Topliss-reactive ketones (excluding diaryl/α,β-unsaturated/α-hetero) is 1. The van der Waals surface area contributed by atoms with Gasteiger partial charge in [-0.1, -0.05) is 25.0 Å². The number of hydrogen-bond acceptors (Lipinski definition) is 9. The summed E-state index contributed by atoms with van der Waals surface area (Å²) in [5, 5.41) is 16.4. The van der Waals surface area contributed by atoms with Gasteiger partial charge in [-0.2, -0.15) is 0 Å². The molecule has 0 bridgehead atoms. The number of aliphatic hydroxyl groups excluding tert-OH is 1. The monoisotopic (exact) mass is 553 g/mol. The minimum Gasteiger partial charge on any atom is -0.388 e. The van der Waals surface area contributed by atoms with Crippen LogP contribution in [0.1, 0.15) is 36.0 Å². The number of amides is 2. The first kappa shape index (κ1) is 26.4. The maximum atomic E-state index is 13.7. The van der Waals surface area contributed by atoms with Crippen molar-refractivity contribution < 1.29 is 24.2 Å². The van der Waals surface area contributed by atoms with Crippen LogP contribution in [0.15, 0.2) is 29.6 Å². The van der Waals surface area contributed by atoms with Gasteiger partial charge < -0.3 is 29.9 Å². The van der Waals surface area contributed by atoms with E-state index in [-0.39, 0.29) is 36.7 Å². The van der Waals surface area contributed by atoms with E-state index in [1.165, 1.54) is 4.90 Å². The number of benzene rings is 1. The number of nitrogens with one attached hydrogen (secondary N) is 1. The summed E-state index contributed by atoms with van der Waals surface area (Å²) >= 11 is 1.63. The maximum Gasteiger partial charge on any atom is 0.251 e. The van der Waals surface area contributed by atoms with E-state index in [9.17, 15) is 19.5 Å². The molecule has 11 heteroatoms. The van der Waals surface area contributed by atoms with Crippen molar-refractivity contribution in [1.82, 2.24) is 20.1 Å². The maximum absolute atomic E-state index is 13.7. The van der Waals surface area contributed by atoms with E-state index in [0.29, 0.717) is 5.56 Å². The molecule has 2 aromatic rings. The predicted octanol–water partition coefficient (Wildman–Crippen LogP) is 1.39. The Morgan fingerprint density at radius 2 is 1.85 bits per heavy atom. The van der Waals surface area contributed by atoms with Crippen molar-refractivity contribution >= 4 is 34.1 Å². The zero-order valence-corrected chi connectivity index (χ0v) is 22.9. The summed E-state index contributed by atoms with van der Waals surface area (Å²) in [7, 11) is 2.13. The van der Waals surface area contributed by atoms with Gasteiger partial charge in [-0.25, -0.2) is 4.98 Å². The molecular weight excluding hydrogens is 518 g/mol. The van der Waals surface area contributed by atoms with Crippen LogP contribution in [0.2, 0.25) is 0 Å². The molecule has 1 aliphatic carbocycles. The Kier molecular flexibility index (Phi) is 7.41. The molecule has 1 aromatic carbocycles. The van der Waals surface area contributed by atoms with Crippen molar-refractivity contribution in [3.63, 3.8) is 0 Å². The summed E-state index contributed by atoms with van der Waals surface area (Å²) in [6, 6.07) is 5.78. The van der Waals surface area contributed by atoms with E-state index in [1.54, 1.807) is 23.5 Å². The second kappa shape index (κ2) is 11.0. The van der Waals surface area contributed by atoms with Crippen LogP contribution in [0, 0.1) is 5.92 Å². The lowest BCUT2D eigenvalue weighted by Crippen LogP contribution is -2.54. The molecule has 0 unspecified atom stereocenters. The average molecular weight is 554 g/mol. The minimum absolute atomic E-state index is 0.00246. The summed E-state index contributed by atoms with van der Waals surface area (Å²) in [4.78, 5) is 50.3. The zero-order chi connectivity index (χ0) is 27.1. The van der Waals surface area contributed by atoms with Crippen molar-refractivity contribution in [2.24, 2.45) is 5.92 Å². The number of thiazole rings is 1. The van der Waals surface area contributed by atoms with Gasteiger partial charge >= 0.3 is 0 Å². The molecule has 39 heavy (non-hydrogen) atoms. The van der Waals surface area contributed by atoms with Gasteiger partial charge in [0.2, 0.25) is 5.91 Å². The highest BCUT2D eigenvalue weighted by Crippen LogP contribution is 2.33. The van der Waals surface area contributed by atoms with Gasteiger partial charge in [0.1, 0.15) is 30.9 Å². The number of piperazine rings is 1. The predicted molar refractivity (Wildman–Crippen MR) is 147 cm³/mol. The second-order valence-corrected chi connectivity index (χ2v) is 12.0. The van der Waals surface area contributed by atoms with Crippen LogP contribution < -0.4 is 10.2 Å². The molecule has 4 fully saturated rings. The number of hydrogen-bond donors (Lipinski definition) is 2. The van der Waals surface area contributed by atoms with Crippen LogP contribution in [0.25, 0.3) is 11.3 Å². The molecule has 208 valence electrons. The van der Waals surface area contributed by atoms with Crippen LogP contribution in [-0.2, 0) is 14.3 Å². The average Bonchev–Trinajstić information content (AvgIpc) is 3.75. The molecule has 4 heterocycles. The molecule has 10 nitrogen and oxygen atoms in total. The number of β-amino-alcohol motifs (C(OH)–C–C–N with tert-alkyl or cyclic N) is 1. The third-order valence-corrected chi connectivity index (χ3v) is 9.47. The fourth-order valence-corrected chi connectivity index (χ4v) is 7.15. The molecule has 3 saturated heterocycles. The first-order valence-corrected chi connectivity index (χ1v) is 14.7. The Bertz CT molecular complexity index is 1220. The third-order valence-electron chi connectivity index (χ3n) is 8.57. The quantitative estimate of drug-likeness (QED) is 0.552. The number of anilines is 1. The third kappa shape index (κ3) is 5.20. The van der Waals surface area contributed by atoms with E-state index in [0.717, 1.165) is 68.3 Å². The highest BCUT2D eigenvalue weighted by Gasteiger charge is 2.53. The summed E-state index contributed by atoms with van der Waals surface area (Å²) in [5.41, 5.74) is 2.28. The van der Waals surface area contributed by atoms with Gasteiger partial charge in [-0.05, 0) is 37.9 Å². The second-order valence-electron chi connectivity index (χ2n) is 11.1.